The molecule has 1 amide bonds. The molecule has 16 heavy (non-hydrogen) atoms. The van der Waals surface area contributed by atoms with Crippen molar-refractivity contribution in [2.75, 3.05) is 25.3 Å². The second-order valence-corrected chi connectivity index (χ2v) is 2.99. The van der Waals surface area contributed by atoms with E-state index in [0.717, 1.165) is 0 Å². The molecule has 5 nitrogen and oxygen atoms in total. The van der Waals surface area contributed by atoms with Gasteiger partial charge in [-0.25, -0.2) is 0 Å². The molecule has 0 saturated carbocycles. The minimum atomic E-state index is -0.329. The summed E-state index contributed by atoms with van der Waals surface area (Å²) in [6, 6.07) is 3.17. The van der Waals surface area contributed by atoms with Crippen LogP contribution >= 0.6 is 0 Å². The highest BCUT2D eigenvalue weighted by atomic mass is 16.5. The highest BCUT2D eigenvalue weighted by molar-refractivity contribution is 6.00. The number of ether oxygens (including phenoxy) is 2. The fourth-order valence-corrected chi connectivity index (χ4v) is 1.20. The van der Waals surface area contributed by atoms with Crippen molar-refractivity contribution in [2.24, 2.45) is 0 Å². The van der Waals surface area contributed by atoms with Gasteiger partial charge in [-0.05, 0) is 6.08 Å². The summed E-state index contributed by atoms with van der Waals surface area (Å²) in [5.41, 5.74) is 6.63. The summed E-state index contributed by atoms with van der Waals surface area (Å²) in [4.78, 5) is 11.2. The van der Waals surface area contributed by atoms with Gasteiger partial charge in [-0.3, -0.25) is 4.79 Å². The third-order valence-electron chi connectivity index (χ3n) is 2.00. The number of nitrogen functional groups attached to an aromatic ring is 1. The van der Waals surface area contributed by atoms with Crippen molar-refractivity contribution in [3.05, 3.63) is 24.8 Å². The first kappa shape index (κ1) is 11.9. The molecule has 0 heterocycles. The molecule has 0 saturated heterocycles. The van der Waals surface area contributed by atoms with Gasteiger partial charge in [-0.2, -0.15) is 0 Å². The molecular formula is C11H14N2O3. The molecular weight excluding hydrogens is 208 g/mol. The number of carbonyl (C=O) groups is 1. The fraction of sp³-hybridized carbons (Fsp3) is 0.182. The lowest BCUT2D eigenvalue weighted by Crippen LogP contribution is -2.09. The van der Waals surface area contributed by atoms with Crippen molar-refractivity contribution in [3.63, 3.8) is 0 Å². The number of nitrogens with two attached hydrogens (primary N) is 1. The van der Waals surface area contributed by atoms with Crippen LogP contribution in [0.25, 0.3) is 0 Å². The minimum Gasteiger partial charge on any atom is -0.495 e. The van der Waals surface area contributed by atoms with Crippen LogP contribution in [0.4, 0.5) is 11.4 Å². The van der Waals surface area contributed by atoms with Crippen LogP contribution in [0.1, 0.15) is 0 Å². The molecule has 0 bridgehead atoms. The van der Waals surface area contributed by atoms with Crippen molar-refractivity contribution in [3.8, 4) is 11.5 Å². The van der Waals surface area contributed by atoms with Crippen LogP contribution in [-0.4, -0.2) is 20.1 Å². The SMILES string of the molecule is C=CC(=O)Nc1cc(OC)c(N)cc1OC. The van der Waals surface area contributed by atoms with Gasteiger partial charge in [-0.15, -0.1) is 0 Å². The van der Waals surface area contributed by atoms with E-state index < -0.39 is 0 Å². The van der Waals surface area contributed by atoms with Crippen LogP contribution in [0.5, 0.6) is 11.5 Å². The number of carbonyl (C=O) groups excluding carboxylic acids is 1. The van der Waals surface area contributed by atoms with E-state index in [4.69, 9.17) is 15.2 Å². The first-order valence-electron chi connectivity index (χ1n) is 4.57. The third kappa shape index (κ3) is 2.44. The Bertz CT molecular complexity index is 416. The Balaban J connectivity index is 3.14. The van der Waals surface area contributed by atoms with Crippen LogP contribution in [0.2, 0.25) is 0 Å². The number of hydrogen-bond acceptors (Lipinski definition) is 4. The van der Waals surface area contributed by atoms with Crippen molar-refractivity contribution in [1.82, 2.24) is 0 Å². The molecule has 0 spiro atoms. The van der Waals surface area contributed by atoms with E-state index in [-0.39, 0.29) is 5.91 Å². The lowest BCUT2D eigenvalue weighted by atomic mass is 10.2. The predicted octanol–water partition coefficient (Wildman–Crippen LogP) is 1.41. The Kier molecular flexibility index (Phi) is 3.77. The number of anilines is 2. The van der Waals surface area contributed by atoms with E-state index in [1.165, 1.54) is 20.3 Å². The lowest BCUT2D eigenvalue weighted by Gasteiger charge is -2.12. The van der Waals surface area contributed by atoms with Crippen LogP contribution in [-0.2, 0) is 4.79 Å². The van der Waals surface area contributed by atoms with E-state index in [1.807, 2.05) is 0 Å². The molecule has 0 unspecified atom stereocenters. The predicted molar refractivity (Wildman–Crippen MR) is 62.8 cm³/mol. The molecule has 0 aliphatic carbocycles. The monoisotopic (exact) mass is 222 g/mol. The molecule has 1 aromatic carbocycles. The molecule has 0 aliphatic rings. The number of rotatable bonds is 4. The quantitative estimate of drug-likeness (QED) is 0.596. The number of nitrogens with one attached hydrogen (secondary N) is 1. The number of methoxy groups -OCH3 is 2. The molecule has 0 radical (unpaired) electrons. The average Bonchev–Trinajstić information content (AvgIpc) is 2.30. The molecule has 0 aromatic heterocycles. The Morgan fingerprint density at radius 3 is 2.50 bits per heavy atom. The molecule has 0 fully saturated rings. The summed E-state index contributed by atoms with van der Waals surface area (Å²) in [6.07, 6.45) is 1.17. The average molecular weight is 222 g/mol. The van der Waals surface area contributed by atoms with Crippen LogP contribution < -0.4 is 20.5 Å². The number of hydrogen-bond donors (Lipinski definition) is 2. The van der Waals surface area contributed by atoms with Gasteiger partial charge in [0.15, 0.2) is 0 Å². The summed E-state index contributed by atoms with van der Waals surface area (Å²) in [7, 11) is 2.99. The van der Waals surface area contributed by atoms with E-state index >= 15 is 0 Å². The maximum Gasteiger partial charge on any atom is 0.247 e. The largest absolute Gasteiger partial charge is 0.495 e. The second kappa shape index (κ2) is 5.06. The van der Waals surface area contributed by atoms with Gasteiger partial charge in [0.2, 0.25) is 5.91 Å². The molecule has 5 heteroatoms. The van der Waals surface area contributed by atoms with Crippen molar-refractivity contribution in [1.29, 1.82) is 0 Å². The highest BCUT2D eigenvalue weighted by Gasteiger charge is 2.10. The minimum absolute atomic E-state index is 0.329. The van der Waals surface area contributed by atoms with Gasteiger partial charge in [0.1, 0.15) is 11.5 Å². The Morgan fingerprint density at radius 2 is 2.00 bits per heavy atom. The third-order valence-corrected chi connectivity index (χ3v) is 2.00. The first-order valence-corrected chi connectivity index (χ1v) is 4.57. The van der Waals surface area contributed by atoms with Gasteiger partial charge in [0.25, 0.3) is 0 Å². The van der Waals surface area contributed by atoms with E-state index in [2.05, 4.69) is 11.9 Å². The zero-order chi connectivity index (χ0) is 12.1. The Morgan fingerprint density at radius 1 is 1.38 bits per heavy atom. The molecule has 86 valence electrons. The smallest absolute Gasteiger partial charge is 0.247 e. The van der Waals surface area contributed by atoms with Crippen molar-refractivity contribution < 1.29 is 14.3 Å². The highest BCUT2D eigenvalue weighted by Crippen LogP contribution is 2.34. The standard InChI is InChI=1S/C11H14N2O3/c1-4-11(14)13-8-6-9(15-2)7(12)5-10(8)16-3/h4-6H,1,12H2,2-3H3,(H,13,14). The summed E-state index contributed by atoms with van der Waals surface area (Å²) in [6.45, 7) is 3.36. The summed E-state index contributed by atoms with van der Waals surface area (Å²) in [5.74, 6) is 0.610. The van der Waals surface area contributed by atoms with Crippen molar-refractivity contribution in [2.45, 2.75) is 0 Å². The maximum absolute atomic E-state index is 11.2. The van der Waals surface area contributed by atoms with Crippen LogP contribution in [0, 0.1) is 0 Å². The Hall–Kier alpha value is -2.17. The normalized spacial score (nSPS) is 9.38. The fourth-order valence-electron chi connectivity index (χ4n) is 1.20. The summed E-state index contributed by atoms with van der Waals surface area (Å²) >= 11 is 0. The van der Waals surface area contributed by atoms with Gasteiger partial charge >= 0.3 is 0 Å². The number of amides is 1. The van der Waals surface area contributed by atoms with Gasteiger partial charge in [0.05, 0.1) is 25.6 Å². The molecule has 1 aromatic rings. The zero-order valence-electron chi connectivity index (χ0n) is 9.24. The zero-order valence-corrected chi connectivity index (χ0v) is 9.24. The van der Waals surface area contributed by atoms with E-state index in [1.54, 1.807) is 12.1 Å². The molecule has 0 atom stereocenters. The molecule has 1 rings (SSSR count). The van der Waals surface area contributed by atoms with Gasteiger partial charge < -0.3 is 20.5 Å². The van der Waals surface area contributed by atoms with E-state index in [9.17, 15) is 4.79 Å². The van der Waals surface area contributed by atoms with Gasteiger partial charge in [-0.1, -0.05) is 6.58 Å². The molecule has 3 N–H and O–H groups in total. The second-order valence-electron chi connectivity index (χ2n) is 2.99. The maximum atomic E-state index is 11.2. The topological polar surface area (TPSA) is 73.6 Å². The summed E-state index contributed by atoms with van der Waals surface area (Å²) < 4.78 is 10.1. The molecule has 0 aliphatic heterocycles. The Labute approximate surface area is 93.8 Å². The van der Waals surface area contributed by atoms with Crippen LogP contribution in [0.3, 0.4) is 0 Å². The van der Waals surface area contributed by atoms with E-state index in [0.29, 0.717) is 22.9 Å². The first-order chi connectivity index (χ1) is 7.62. The number of benzene rings is 1. The van der Waals surface area contributed by atoms with Gasteiger partial charge in [0, 0.05) is 12.1 Å². The van der Waals surface area contributed by atoms with Crippen molar-refractivity contribution >= 4 is 17.3 Å². The van der Waals surface area contributed by atoms with Crippen LogP contribution in [0.15, 0.2) is 24.8 Å². The lowest BCUT2D eigenvalue weighted by molar-refractivity contribution is -0.111. The summed E-state index contributed by atoms with van der Waals surface area (Å²) in [5, 5.41) is 2.60.